The lowest BCUT2D eigenvalue weighted by Gasteiger charge is -2.37. The fourth-order valence-electron chi connectivity index (χ4n) is 4.62. The van der Waals surface area contributed by atoms with Crippen LogP contribution < -0.4 is 16.0 Å². The molecule has 1 aliphatic heterocycles. The van der Waals surface area contributed by atoms with Gasteiger partial charge < -0.3 is 29.9 Å². The highest BCUT2D eigenvalue weighted by Gasteiger charge is 2.41. The second-order valence-corrected chi connectivity index (χ2v) is 8.60. The lowest BCUT2D eigenvalue weighted by atomic mass is 9.77. The van der Waals surface area contributed by atoms with Crippen LogP contribution in [0.4, 0.5) is 5.82 Å². The van der Waals surface area contributed by atoms with Crippen molar-refractivity contribution in [3.05, 3.63) is 34.9 Å². The second kappa shape index (κ2) is 9.99. The lowest BCUT2D eigenvalue weighted by Crippen LogP contribution is -2.50. The number of carbonyl (C=O) groups excluding carboxylic acids is 1. The van der Waals surface area contributed by atoms with Crippen molar-refractivity contribution < 1.29 is 18.8 Å². The summed E-state index contributed by atoms with van der Waals surface area (Å²) in [5.41, 5.74) is 1.11. The minimum atomic E-state index is -0.234. The summed E-state index contributed by atoms with van der Waals surface area (Å²) in [5, 5.41) is 14.5. The molecule has 1 aromatic carbocycles. The number of halogens is 1. The largest absolute Gasteiger partial charge is 0.383 e. The molecule has 1 saturated carbocycles. The van der Waals surface area contributed by atoms with Crippen LogP contribution in [-0.4, -0.2) is 63.7 Å². The van der Waals surface area contributed by atoms with E-state index >= 15 is 0 Å². The third-order valence-corrected chi connectivity index (χ3v) is 6.52. The summed E-state index contributed by atoms with van der Waals surface area (Å²) in [5.74, 6) is 1.71. The SMILES string of the molecule is COCCNc1noc(-c2ccc(Cl)cc2)c1C(=O)N[C@H]1C[C@H]2CNC[C@H]2C[C@@H]1OC. The third kappa shape index (κ3) is 4.87. The van der Waals surface area contributed by atoms with Gasteiger partial charge in [-0.05, 0) is 62.0 Å². The standard InChI is InChI=1S/C22H29ClN4O4/c1-29-8-7-25-21-19(20(31-27-21)13-3-5-16(23)6-4-13)22(28)26-17-9-14-11-24-12-15(14)10-18(17)30-2/h3-6,14-15,17-18,24H,7-12H2,1-2H3,(H,25,27)(H,26,28)/t14-,15+,17-,18-/m0/s1. The van der Waals surface area contributed by atoms with Gasteiger partial charge in [-0.2, -0.15) is 0 Å². The average molecular weight is 449 g/mol. The summed E-state index contributed by atoms with van der Waals surface area (Å²) in [7, 11) is 3.33. The van der Waals surface area contributed by atoms with Crippen molar-refractivity contribution in [1.82, 2.24) is 15.8 Å². The minimum Gasteiger partial charge on any atom is -0.383 e. The summed E-state index contributed by atoms with van der Waals surface area (Å²) in [6.07, 6.45) is 1.80. The van der Waals surface area contributed by atoms with Gasteiger partial charge in [0.25, 0.3) is 5.91 Å². The molecule has 2 fully saturated rings. The first-order chi connectivity index (χ1) is 15.1. The first-order valence-corrected chi connectivity index (χ1v) is 11.0. The quantitative estimate of drug-likeness (QED) is 0.534. The lowest BCUT2D eigenvalue weighted by molar-refractivity contribution is 0.0125. The molecule has 168 valence electrons. The topological polar surface area (TPSA) is 97.7 Å². The van der Waals surface area contributed by atoms with E-state index in [2.05, 4.69) is 21.1 Å². The number of rotatable bonds is 8. The highest BCUT2D eigenvalue weighted by atomic mass is 35.5. The van der Waals surface area contributed by atoms with Crippen LogP contribution in [0.1, 0.15) is 23.2 Å². The molecule has 1 aliphatic carbocycles. The van der Waals surface area contributed by atoms with Crippen molar-refractivity contribution >= 4 is 23.3 Å². The van der Waals surface area contributed by atoms with E-state index in [1.165, 1.54) is 0 Å². The maximum Gasteiger partial charge on any atom is 0.259 e. The van der Waals surface area contributed by atoms with Gasteiger partial charge in [0.1, 0.15) is 5.56 Å². The van der Waals surface area contributed by atoms with E-state index in [9.17, 15) is 4.79 Å². The number of ether oxygens (including phenoxy) is 2. The van der Waals surface area contributed by atoms with Crippen LogP contribution in [0.25, 0.3) is 11.3 Å². The van der Waals surface area contributed by atoms with Crippen molar-refractivity contribution in [2.75, 3.05) is 45.8 Å². The first kappa shape index (κ1) is 22.1. The second-order valence-electron chi connectivity index (χ2n) is 8.17. The fourth-order valence-corrected chi connectivity index (χ4v) is 4.75. The van der Waals surface area contributed by atoms with Gasteiger partial charge in [0.15, 0.2) is 11.6 Å². The zero-order chi connectivity index (χ0) is 21.8. The van der Waals surface area contributed by atoms with Crippen molar-refractivity contribution in [3.63, 3.8) is 0 Å². The molecule has 0 radical (unpaired) electrons. The van der Waals surface area contributed by atoms with Crippen LogP contribution in [-0.2, 0) is 9.47 Å². The van der Waals surface area contributed by atoms with Gasteiger partial charge in [-0.1, -0.05) is 16.8 Å². The van der Waals surface area contributed by atoms with E-state index in [1.54, 1.807) is 26.4 Å². The Morgan fingerprint density at radius 3 is 2.68 bits per heavy atom. The predicted octanol–water partition coefficient (Wildman–Crippen LogP) is 2.80. The van der Waals surface area contributed by atoms with E-state index in [1.807, 2.05) is 12.1 Å². The Hall–Kier alpha value is -2.13. The van der Waals surface area contributed by atoms with E-state index in [0.717, 1.165) is 31.5 Å². The third-order valence-electron chi connectivity index (χ3n) is 6.26. The summed E-state index contributed by atoms with van der Waals surface area (Å²) in [4.78, 5) is 13.5. The van der Waals surface area contributed by atoms with Crippen molar-refractivity contribution in [2.45, 2.75) is 25.0 Å². The molecule has 1 saturated heterocycles. The normalized spacial score (nSPS) is 25.3. The number of fused-ring (bicyclic) bond motifs is 1. The van der Waals surface area contributed by atoms with Crippen LogP contribution in [0.15, 0.2) is 28.8 Å². The number of amides is 1. The highest BCUT2D eigenvalue weighted by Crippen LogP contribution is 2.35. The van der Waals surface area contributed by atoms with E-state index in [-0.39, 0.29) is 18.1 Å². The number of nitrogens with zero attached hydrogens (tertiary/aromatic N) is 1. The molecule has 0 unspecified atom stereocenters. The molecule has 9 heteroatoms. The van der Waals surface area contributed by atoms with Gasteiger partial charge in [-0.3, -0.25) is 4.79 Å². The van der Waals surface area contributed by atoms with E-state index < -0.39 is 0 Å². The van der Waals surface area contributed by atoms with E-state index in [4.69, 9.17) is 25.6 Å². The summed E-state index contributed by atoms with van der Waals surface area (Å²) >= 11 is 6.03. The number of methoxy groups -OCH3 is 2. The summed E-state index contributed by atoms with van der Waals surface area (Å²) < 4.78 is 16.4. The smallest absolute Gasteiger partial charge is 0.259 e. The number of carbonyl (C=O) groups is 1. The van der Waals surface area contributed by atoms with Crippen LogP contribution in [0.3, 0.4) is 0 Å². The Kier molecular flexibility index (Phi) is 7.12. The Morgan fingerprint density at radius 2 is 1.97 bits per heavy atom. The van der Waals surface area contributed by atoms with Gasteiger partial charge in [-0.15, -0.1) is 0 Å². The summed E-state index contributed by atoms with van der Waals surface area (Å²) in [6.45, 7) is 2.99. The maximum absolute atomic E-state index is 13.5. The molecule has 1 aromatic heterocycles. The molecular weight excluding hydrogens is 420 g/mol. The predicted molar refractivity (Wildman–Crippen MR) is 118 cm³/mol. The molecular formula is C22H29ClN4O4. The van der Waals surface area contributed by atoms with Crippen LogP contribution in [0, 0.1) is 11.8 Å². The van der Waals surface area contributed by atoms with E-state index in [0.29, 0.717) is 47.2 Å². The average Bonchev–Trinajstić information content (AvgIpc) is 3.40. The summed E-state index contributed by atoms with van der Waals surface area (Å²) in [6, 6.07) is 7.07. The minimum absolute atomic E-state index is 0.0196. The van der Waals surface area contributed by atoms with Gasteiger partial charge in [0.2, 0.25) is 0 Å². The zero-order valence-electron chi connectivity index (χ0n) is 17.8. The Labute approximate surface area is 187 Å². The molecule has 3 N–H and O–H groups in total. The Balaban J connectivity index is 1.58. The number of aromatic nitrogens is 1. The number of anilines is 1. The Bertz CT molecular complexity index is 888. The molecule has 0 bridgehead atoms. The van der Waals surface area contributed by atoms with Gasteiger partial charge >= 0.3 is 0 Å². The van der Waals surface area contributed by atoms with Crippen LogP contribution in [0.2, 0.25) is 5.02 Å². The van der Waals surface area contributed by atoms with Gasteiger partial charge in [0, 0.05) is 31.4 Å². The fraction of sp³-hybridized carbons (Fsp3) is 0.545. The van der Waals surface area contributed by atoms with Gasteiger partial charge in [-0.25, -0.2) is 0 Å². The van der Waals surface area contributed by atoms with Crippen LogP contribution >= 0.6 is 11.6 Å². The molecule has 31 heavy (non-hydrogen) atoms. The number of nitrogens with one attached hydrogen (secondary N) is 3. The number of benzene rings is 1. The Morgan fingerprint density at radius 1 is 1.23 bits per heavy atom. The number of hydrogen-bond donors (Lipinski definition) is 3. The van der Waals surface area contributed by atoms with Crippen molar-refractivity contribution in [1.29, 1.82) is 0 Å². The number of hydrogen-bond acceptors (Lipinski definition) is 7. The molecule has 8 nitrogen and oxygen atoms in total. The molecule has 2 aliphatic rings. The molecule has 0 spiro atoms. The molecule has 2 aromatic rings. The molecule has 4 atom stereocenters. The van der Waals surface area contributed by atoms with Crippen LogP contribution in [0.5, 0.6) is 0 Å². The monoisotopic (exact) mass is 448 g/mol. The molecule has 2 heterocycles. The zero-order valence-corrected chi connectivity index (χ0v) is 18.6. The van der Waals surface area contributed by atoms with Crippen molar-refractivity contribution in [3.8, 4) is 11.3 Å². The molecule has 1 amide bonds. The highest BCUT2D eigenvalue weighted by molar-refractivity contribution is 6.30. The van der Waals surface area contributed by atoms with Crippen molar-refractivity contribution in [2.24, 2.45) is 11.8 Å². The van der Waals surface area contributed by atoms with Gasteiger partial charge in [0.05, 0.1) is 18.8 Å². The first-order valence-electron chi connectivity index (χ1n) is 10.6. The molecule has 4 rings (SSSR count). The maximum atomic E-state index is 13.5.